The molecular formula is C12H19NOS. The van der Waals surface area contributed by atoms with E-state index < -0.39 is 0 Å². The van der Waals surface area contributed by atoms with Crippen molar-refractivity contribution in [1.29, 1.82) is 0 Å². The minimum atomic E-state index is 0.228. The van der Waals surface area contributed by atoms with Gasteiger partial charge in [0.15, 0.2) is 0 Å². The van der Waals surface area contributed by atoms with Crippen LogP contribution < -0.4 is 10.5 Å². The molecule has 0 spiro atoms. The molecular weight excluding hydrogens is 206 g/mol. The quantitative estimate of drug-likeness (QED) is 0.783. The molecule has 1 aromatic rings. The second-order valence-corrected chi connectivity index (χ2v) is 5.31. The number of hydrogen-bond donors (Lipinski definition) is 1. The van der Waals surface area contributed by atoms with Crippen molar-refractivity contribution in [2.45, 2.75) is 37.0 Å². The molecule has 15 heavy (non-hydrogen) atoms. The van der Waals surface area contributed by atoms with Crippen molar-refractivity contribution in [3.05, 3.63) is 24.3 Å². The molecule has 0 saturated carbocycles. The summed E-state index contributed by atoms with van der Waals surface area (Å²) in [4.78, 5) is 1.24. The Labute approximate surface area is 96.2 Å². The van der Waals surface area contributed by atoms with Crippen molar-refractivity contribution in [3.8, 4) is 5.75 Å². The maximum Gasteiger partial charge on any atom is 0.119 e. The Hall–Kier alpha value is -0.670. The molecule has 0 saturated heterocycles. The van der Waals surface area contributed by atoms with Crippen LogP contribution in [0.3, 0.4) is 0 Å². The highest BCUT2D eigenvalue weighted by atomic mass is 32.2. The lowest BCUT2D eigenvalue weighted by Crippen LogP contribution is -2.12. The molecule has 0 aliphatic heterocycles. The van der Waals surface area contributed by atoms with Gasteiger partial charge in [-0.3, -0.25) is 0 Å². The van der Waals surface area contributed by atoms with Crippen LogP contribution in [-0.4, -0.2) is 17.9 Å². The van der Waals surface area contributed by atoms with Crippen LogP contribution in [0.5, 0.6) is 5.75 Å². The van der Waals surface area contributed by atoms with Crippen molar-refractivity contribution < 1.29 is 4.74 Å². The molecule has 1 atom stereocenters. The first-order valence-electron chi connectivity index (χ1n) is 5.25. The fourth-order valence-corrected chi connectivity index (χ4v) is 2.00. The molecule has 84 valence electrons. The van der Waals surface area contributed by atoms with E-state index in [1.165, 1.54) is 4.90 Å². The molecule has 2 N–H and O–H groups in total. The summed E-state index contributed by atoms with van der Waals surface area (Å²) in [5, 5.41) is 0.460. The molecule has 1 rings (SSSR count). The number of ether oxygens (including phenoxy) is 1. The molecule has 2 nitrogen and oxygen atoms in total. The highest BCUT2D eigenvalue weighted by Crippen LogP contribution is 2.25. The van der Waals surface area contributed by atoms with Crippen LogP contribution >= 0.6 is 11.8 Å². The van der Waals surface area contributed by atoms with Crippen LogP contribution in [0.15, 0.2) is 29.2 Å². The minimum Gasteiger partial charge on any atom is -0.491 e. The summed E-state index contributed by atoms with van der Waals surface area (Å²) in [6.45, 7) is 6.89. The highest BCUT2D eigenvalue weighted by Gasteiger charge is 2.02. The van der Waals surface area contributed by atoms with Crippen molar-refractivity contribution in [2.75, 3.05) is 6.54 Å². The van der Waals surface area contributed by atoms with Crippen LogP contribution in [0, 0.1) is 0 Å². The zero-order valence-electron chi connectivity index (χ0n) is 9.57. The van der Waals surface area contributed by atoms with Gasteiger partial charge in [-0.25, -0.2) is 0 Å². The van der Waals surface area contributed by atoms with Crippen molar-refractivity contribution in [2.24, 2.45) is 5.73 Å². The molecule has 0 bridgehead atoms. The normalized spacial score (nSPS) is 12.9. The maximum absolute atomic E-state index is 5.57. The average Bonchev–Trinajstić information content (AvgIpc) is 2.20. The molecule has 0 aliphatic rings. The molecule has 1 aromatic carbocycles. The molecule has 0 amide bonds. The Balaban J connectivity index is 2.56. The predicted molar refractivity (Wildman–Crippen MR) is 66.6 cm³/mol. The highest BCUT2D eigenvalue weighted by molar-refractivity contribution is 8.00. The Kier molecular flexibility index (Phi) is 4.99. The van der Waals surface area contributed by atoms with Gasteiger partial charge in [-0.05, 0) is 38.1 Å². The fraction of sp³-hybridized carbons (Fsp3) is 0.500. The van der Waals surface area contributed by atoms with Crippen molar-refractivity contribution in [1.82, 2.24) is 0 Å². The molecule has 1 unspecified atom stereocenters. The molecule has 0 aliphatic carbocycles. The van der Waals surface area contributed by atoms with E-state index in [2.05, 4.69) is 19.1 Å². The Bertz CT molecular complexity index is 284. The minimum absolute atomic E-state index is 0.228. The summed E-state index contributed by atoms with van der Waals surface area (Å²) in [5.74, 6) is 0.926. The Morgan fingerprint density at radius 2 is 1.80 bits per heavy atom. The van der Waals surface area contributed by atoms with E-state index in [9.17, 15) is 0 Å². The number of nitrogens with two attached hydrogens (primary N) is 1. The average molecular weight is 225 g/mol. The zero-order valence-corrected chi connectivity index (χ0v) is 10.4. The number of rotatable bonds is 5. The summed E-state index contributed by atoms with van der Waals surface area (Å²) < 4.78 is 5.57. The van der Waals surface area contributed by atoms with Crippen LogP contribution in [0.4, 0.5) is 0 Å². The second kappa shape index (κ2) is 6.03. The predicted octanol–water partition coefficient (Wildman–Crippen LogP) is 2.91. The van der Waals surface area contributed by atoms with E-state index in [0.29, 0.717) is 11.8 Å². The van der Waals surface area contributed by atoms with Gasteiger partial charge in [-0.1, -0.05) is 6.92 Å². The van der Waals surface area contributed by atoms with Gasteiger partial charge in [0, 0.05) is 16.7 Å². The smallest absolute Gasteiger partial charge is 0.119 e. The largest absolute Gasteiger partial charge is 0.491 e. The topological polar surface area (TPSA) is 35.2 Å². The van der Waals surface area contributed by atoms with Gasteiger partial charge < -0.3 is 10.5 Å². The summed E-state index contributed by atoms with van der Waals surface area (Å²) >= 11 is 1.79. The van der Waals surface area contributed by atoms with Crippen molar-refractivity contribution in [3.63, 3.8) is 0 Å². The molecule has 0 fully saturated rings. The first-order chi connectivity index (χ1) is 7.11. The molecule has 3 heteroatoms. The third-order valence-corrected chi connectivity index (χ3v) is 3.00. The van der Waals surface area contributed by atoms with Gasteiger partial charge in [0.05, 0.1) is 6.10 Å². The Morgan fingerprint density at radius 3 is 2.27 bits per heavy atom. The number of thioether (sulfide) groups is 1. The van der Waals surface area contributed by atoms with Gasteiger partial charge >= 0.3 is 0 Å². The Morgan fingerprint density at radius 1 is 1.20 bits per heavy atom. The summed E-state index contributed by atoms with van der Waals surface area (Å²) in [7, 11) is 0. The SMILES string of the molecule is CC(C)Oc1ccc(SC(C)CN)cc1. The van der Waals surface area contributed by atoms with Crippen LogP contribution in [0.2, 0.25) is 0 Å². The third-order valence-electron chi connectivity index (χ3n) is 1.86. The molecule has 0 radical (unpaired) electrons. The van der Waals surface area contributed by atoms with E-state index >= 15 is 0 Å². The van der Waals surface area contributed by atoms with E-state index in [0.717, 1.165) is 5.75 Å². The molecule has 0 heterocycles. The lowest BCUT2D eigenvalue weighted by Gasteiger charge is -2.11. The van der Waals surface area contributed by atoms with Gasteiger partial charge in [-0.15, -0.1) is 11.8 Å². The van der Waals surface area contributed by atoms with E-state index in [4.69, 9.17) is 10.5 Å². The van der Waals surface area contributed by atoms with Crippen LogP contribution in [0.25, 0.3) is 0 Å². The van der Waals surface area contributed by atoms with Gasteiger partial charge in [0.2, 0.25) is 0 Å². The zero-order chi connectivity index (χ0) is 11.3. The lowest BCUT2D eigenvalue weighted by atomic mass is 10.3. The summed E-state index contributed by atoms with van der Waals surface area (Å²) in [6, 6.07) is 8.17. The number of hydrogen-bond acceptors (Lipinski definition) is 3. The van der Waals surface area contributed by atoms with Gasteiger partial charge in [0.1, 0.15) is 5.75 Å². The summed E-state index contributed by atoms with van der Waals surface area (Å²) in [6.07, 6.45) is 0.228. The summed E-state index contributed by atoms with van der Waals surface area (Å²) in [5.41, 5.74) is 5.57. The monoisotopic (exact) mass is 225 g/mol. The van der Waals surface area contributed by atoms with E-state index in [-0.39, 0.29) is 6.10 Å². The fourth-order valence-electron chi connectivity index (χ4n) is 1.15. The first-order valence-corrected chi connectivity index (χ1v) is 6.13. The van der Waals surface area contributed by atoms with E-state index in [1.807, 2.05) is 26.0 Å². The maximum atomic E-state index is 5.57. The lowest BCUT2D eigenvalue weighted by molar-refractivity contribution is 0.242. The van der Waals surface area contributed by atoms with Crippen LogP contribution in [-0.2, 0) is 0 Å². The van der Waals surface area contributed by atoms with Crippen LogP contribution in [0.1, 0.15) is 20.8 Å². The number of benzene rings is 1. The third kappa shape index (κ3) is 4.58. The van der Waals surface area contributed by atoms with Gasteiger partial charge in [0.25, 0.3) is 0 Å². The molecule has 0 aromatic heterocycles. The first kappa shape index (κ1) is 12.4. The second-order valence-electron chi connectivity index (χ2n) is 3.80. The standard InChI is InChI=1S/C12H19NOS/c1-9(2)14-11-4-6-12(7-5-11)15-10(3)8-13/h4-7,9-10H,8,13H2,1-3H3. The van der Waals surface area contributed by atoms with Gasteiger partial charge in [-0.2, -0.15) is 0 Å². The van der Waals surface area contributed by atoms with Crippen molar-refractivity contribution >= 4 is 11.8 Å². The van der Waals surface area contributed by atoms with E-state index in [1.54, 1.807) is 11.8 Å².